The van der Waals surface area contributed by atoms with Gasteiger partial charge < -0.3 is 5.11 Å². The lowest BCUT2D eigenvalue weighted by Crippen LogP contribution is -2.23. The molecule has 6 heteroatoms. The third kappa shape index (κ3) is 2.60. The van der Waals surface area contributed by atoms with Crippen molar-refractivity contribution in [2.24, 2.45) is 0 Å². The molecule has 80 valence electrons. The van der Waals surface area contributed by atoms with Crippen LogP contribution in [0.1, 0.15) is 6.92 Å². The fourth-order valence-corrected chi connectivity index (χ4v) is 1.67. The van der Waals surface area contributed by atoms with E-state index in [9.17, 15) is 13.5 Å². The third-order valence-electron chi connectivity index (χ3n) is 1.80. The summed E-state index contributed by atoms with van der Waals surface area (Å²) < 4.78 is 25.0. The van der Waals surface area contributed by atoms with Gasteiger partial charge in [0, 0.05) is 0 Å². The summed E-state index contributed by atoms with van der Waals surface area (Å²) in [5.74, 6) is -0.175. The summed E-state index contributed by atoms with van der Waals surface area (Å²) in [6.07, 6.45) is 0. The van der Waals surface area contributed by atoms with Crippen molar-refractivity contribution in [3.63, 3.8) is 0 Å². The molecule has 5 nitrogen and oxygen atoms in total. The molecule has 1 atom stereocenters. The Kier molecular flexibility index (Phi) is 3.17. The second-order valence-corrected chi connectivity index (χ2v) is 4.94. The van der Waals surface area contributed by atoms with Crippen molar-refractivity contribution in [3.8, 4) is 11.8 Å². The molecule has 1 unspecified atom stereocenters. The van der Waals surface area contributed by atoms with Gasteiger partial charge in [0.25, 0.3) is 0 Å². The highest BCUT2D eigenvalue weighted by atomic mass is 32.2. The molecule has 0 aliphatic heterocycles. The summed E-state index contributed by atoms with van der Waals surface area (Å²) in [6, 6.07) is 7.53. The van der Waals surface area contributed by atoms with E-state index in [1.165, 1.54) is 19.1 Å². The van der Waals surface area contributed by atoms with Crippen LogP contribution in [0, 0.1) is 11.3 Å². The van der Waals surface area contributed by atoms with Crippen molar-refractivity contribution in [2.45, 2.75) is 12.2 Å². The number of anilines is 1. The van der Waals surface area contributed by atoms with Gasteiger partial charge in [-0.15, -0.1) is 0 Å². The average Bonchev–Trinajstić information content (AvgIpc) is 2.20. The van der Waals surface area contributed by atoms with Crippen LogP contribution in [0.4, 0.5) is 5.69 Å². The number of nitrogens with zero attached hydrogens (tertiary/aromatic N) is 1. The minimum absolute atomic E-state index is 0.0691. The maximum Gasteiger partial charge on any atom is 0.248 e. The van der Waals surface area contributed by atoms with Crippen LogP contribution in [-0.2, 0) is 10.0 Å². The van der Waals surface area contributed by atoms with Gasteiger partial charge in [-0.05, 0) is 19.1 Å². The second kappa shape index (κ2) is 4.19. The van der Waals surface area contributed by atoms with Gasteiger partial charge in [-0.3, -0.25) is 4.72 Å². The van der Waals surface area contributed by atoms with E-state index in [0.717, 1.165) is 0 Å². The Balaban J connectivity index is 2.98. The second-order valence-electron chi connectivity index (χ2n) is 2.94. The molecule has 0 amide bonds. The van der Waals surface area contributed by atoms with Crippen molar-refractivity contribution >= 4 is 15.7 Å². The number of sulfonamides is 1. The van der Waals surface area contributed by atoms with Crippen LogP contribution >= 0.6 is 0 Å². The van der Waals surface area contributed by atoms with Crippen molar-refractivity contribution in [2.75, 3.05) is 4.72 Å². The first-order valence-electron chi connectivity index (χ1n) is 4.16. The van der Waals surface area contributed by atoms with E-state index in [4.69, 9.17) is 5.26 Å². The molecule has 0 saturated heterocycles. The van der Waals surface area contributed by atoms with Gasteiger partial charge in [-0.25, -0.2) is 8.42 Å². The predicted molar refractivity (Wildman–Crippen MR) is 55.7 cm³/mol. The summed E-state index contributed by atoms with van der Waals surface area (Å²) in [4.78, 5) is 0. The number of aromatic hydroxyl groups is 1. The van der Waals surface area contributed by atoms with Gasteiger partial charge in [-0.2, -0.15) is 5.26 Å². The van der Waals surface area contributed by atoms with Crippen molar-refractivity contribution in [3.05, 3.63) is 24.3 Å². The molecule has 1 aromatic rings. The molecule has 0 radical (unpaired) electrons. The molecule has 0 aliphatic carbocycles. The maximum absolute atomic E-state index is 11.4. The van der Waals surface area contributed by atoms with E-state index in [2.05, 4.69) is 4.72 Å². The van der Waals surface area contributed by atoms with E-state index in [1.54, 1.807) is 18.2 Å². The van der Waals surface area contributed by atoms with E-state index in [-0.39, 0.29) is 11.4 Å². The van der Waals surface area contributed by atoms with Gasteiger partial charge >= 0.3 is 0 Å². The van der Waals surface area contributed by atoms with Crippen LogP contribution in [0.2, 0.25) is 0 Å². The predicted octanol–water partition coefficient (Wildman–Crippen LogP) is 1.05. The molecule has 15 heavy (non-hydrogen) atoms. The summed E-state index contributed by atoms with van der Waals surface area (Å²) in [5, 5.41) is 16.6. The lowest BCUT2D eigenvalue weighted by molar-refractivity contribution is 0.477. The third-order valence-corrected chi connectivity index (χ3v) is 3.34. The summed E-state index contributed by atoms with van der Waals surface area (Å²) in [6.45, 7) is 1.27. The molecule has 0 heterocycles. The van der Waals surface area contributed by atoms with Crippen molar-refractivity contribution in [1.29, 1.82) is 5.26 Å². The standard InChI is InChI=1S/C9H10N2O3S/c1-7(6-10)15(13,14)11-8-4-2-3-5-9(8)12/h2-5,7,11-12H,1H3. The zero-order valence-corrected chi connectivity index (χ0v) is 8.82. The lowest BCUT2D eigenvalue weighted by Gasteiger charge is -2.09. The van der Waals surface area contributed by atoms with Gasteiger partial charge in [-0.1, -0.05) is 12.1 Å². The minimum atomic E-state index is -3.76. The Labute approximate surface area is 88.0 Å². The number of hydrogen-bond donors (Lipinski definition) is 2. The van der Waals surface area contributed by atoms with Crippen LogP contribution in [0.5, 0.6) is 5.75 Å². The monoisotopic (exact) mass is 226 g/mol. The molecule has 1 aromatic carbocycles. The average molecular weight is 226 g/mol. The summed E-state index contributed by atoms with van der Waals surface area (Å²) >= 11 is 0. The SMILES string of the molecule is CC(C#N)S(=O)(=O)Nc1ccccc1O. The first kappa shape index (κ1) is 11.3. The highest BCUT2D eigenvalue weighted by Gasteiger charge is 2.20. The molecule has 0 spiro atoms. The van der Waals surface area contributed by atoms with Crippen LogP contribution < -0.4 is 4.72 Å². The topological polar surface area (TPSA) is 90.2 Å². The normalized spacial score (nSPS) is 12.8. The van der Waals surface area contributed by atoms with Gasteiger partial charge in [0.05, 0.1) is 11.8 Å². The van der Waals surface area contributed by atoms with E-state index in [1.807, 2.05) is 0 Å². The first-order valence-corrected chi connectivity index (χ1v) is 5.71. The Morgan fingerprint density at radius 2 is 2.07 bits per heavy atom. The van der Waals surface area contributed by atoms with Gasteiger partial charge in [0.15, 0.2) is 5.25 Å². The zero-order valence-electron chi connectivity index (χ0n) is 8.01. The number of nitrogens with one attached hydrogen (secondary N) is 1. The fourth-order valence-electron chi connectivity index (χ4n) is 0.871. The van der Waals surface area contributed by atoms with Crippen LogP contribution in [0.25, 0.3) is 0 Å². The Morgan fingerprint density at radius 3 is 2.60 bits per heavy atom. The van der Waals surface area contributed by atoms with Crippen LogP contribution in [0.15, 0.2) is 24.3 Å². The molecular weight excluding hydrogens is 216 g/mol. The van der Waals surface area contributed by atoms with E-state index in [0.29, 0.717) is 0 Å². The van der Waals surface area contributed by atoms with Crippen LogP contribution in [0.3, 0.4) is 0 Å². The molecule has 0 aliphatic rings. The van der Waals surface area contributed by atoms with Crippen molar-refractivity contribution < 1.29 is 13.5 Å². The molecule has 0 aromatic heterocycles. The smallest absolute Gasteiger partial charge is 0.248 e. The molecular formula is C9H10N2O3S. The molecule has 1 rings (SSSR count). The lowest BCUT2D eigenvalue weighted by atomic mass is 10.3. The highest BCUT2D eigenvalue weighted by molar-refractivity contribution is 7.93. The maximum atomic E-state index is 11.4. The Morgan fingerprint density at radius 1 is 1.47 bits per heavy atom. The number of phenolic OH excluding ortho intramolecular Hbond substituents is 1. The largest absolute Gasteiger partial charge is 0.506 e. The number of rotatable bonds is 3. The number of nitriles is 1. The number of benzene rings is 1. The first-order chi connectivity index (χ1) is 6.97. The van der Waals surface area contributed by atoms with Crippen molar-refractivity contribution in [1.82, 2.24) is 0 Å². The quantitative estimate of drug-likeness (QED) is 0.753. The fraction of sp³-hybridized carbons (Fsp3) is 0.222. The highest BCUT2D eigenvalue weighted by Crippen LogP contribution is 2.23. The summed E-state index contributed by atoms with van der Waals surface area (Å²) in [5.41, 5.74) is 0.0691. The van der Waals surface area contributed by atoms with E-state index < -0.39 is 15.3 Å². The summed E-state index contributed by atoms with van der Waals surface area (Å²) in [7, 11) is -3.76. The van der Waals surface area contributed by atoms with Crippen LogP contribution in [-0.4, -0.2) is 18.8 Å². The molecule has 0 saturated carbocycles. The molecule has 2 N–H and O–H groups in total. The Hall–Kier alpha value is -1.74. The number of para-hydroxylation sites is 2. The minimum Gasteiger partial charge on any atom is -0.506 e. The van der Waals surface area contributed by atoms with Gasteiger partial charge in [0.1, 0.15) is 5.75 Å². The zero-order chi connectivity index (χ0) is 11.5. The Bertz CT molecular complexity index is 490. The van der Waals surface area contributed by atoms with E-state index >= 15 is 0 Å². The molecule has 0 bridgehead atoms. The van der Waals surface area contributed by atoms with Gasteiger partial charge in [0.2, 0.25) is 10.0 Å². The molecule has 0 fully saturated rings. The number of hydrogen-bond acceptors (Lipinski definition) is 4. The number of phenols is 1.